The van der Waals surface area contributed by atoms with E-state index in [1.54, 1.807) is 12.1 Å². The van der Waals surface area contributed by atoms with Crippen LogP contribution in [0.25, 0.3) is 5.69 Å². The number of hydrogen-bond donors (Lipinski definition) is 2. The predicted octanol–water partition coefficient (Wildman–Crippen LogP) is 2.58. The van der Waals surface area contributed by atoms with Gasteiger partial charge in [-0.25, -0.2) is 4.68 Å². The van der Waals surface area contributed by atoms with Crippen LogP contribution in [0.2, 0.25) is 0 Å². The van der Waals surface area contributed by atoms with Gasteiger partial charge in [-0.1, -0.05) is 0 Å². The van der Waals surface area contributed by atoms with Crippen molar-refractivity contribution in [3.63, 3.8) is 0 Å². The third-order valence-electron chi connectivity index (χ3n) is 3.69. The topological polar surface area (TPSA) is 59.0 Å². The quantitative estimate of drug-likeness (QED) is 0.912. The molecule has 2 heterocycles. The molecule has 0 saturated carbocycles. The number of halogens is 3. The summed E-state index contributed by atoms with van der Waals surface area (Å²) in [6.07, 6.45) is -1.63. The van der Waals surface area contributed by atoms with Gasteiger partial charge in [-0.15, -0.1) is 0 Å². The lowest BCUT2D eigenvalue weighted by molar-refractivity contribution is -0.142. The van der Waals surface area contributed by atoms with Crippen LogP contribution in [0.4, 0.5) is 18.9 Å². The molecule has 0 bridgehead atoms. The van der Waals surface area contributed by atoms with E-state index in [0.29, 0.717) is 5.69 Å². The zero-order valence-electron chi connectivity index (χ0n) is 12.1. The monoisotopic (exact) mass is 324 g/mol. The maximum Gasteiger partial charge on any atom is 0.433 e. The SMILES string of the molecule is O=C(Nc1ccc(-n2nccc2C(F)(F)F)cc1)C1CCCN1. The molecular weight excluding hydrogens is 309 g/mol. The van der Waals surface area contributed by atoms with E-state index >= 15 is 0 Å². The maximum atomic E-state index is 12.9. The largest absolute Gasteiger partial charge is 0.433 e. The van der Waals surface area contributed by atoms with E-state index in [1.165, 1.54) is 12.1 Å². The van der Waals surface area contributed by atoms with E-state index in [0.717, 1.165) is 36.3 Å². The molecule has 0 radical (unpaired) electrons. The summed E-state index contributed by atoms with van der Waals surface area (Å²) < 4.78 is 39.4. The van der Waals surface area contributed by atoms with Crippen molar-refractivity contribution < 1.29 is 18.0 Å². The van der Waals surface area contributed by atoms with Crippen LogP contribution >= 0.6 is 0 Å². The Kier molecular flexibility index (Phi) is 4.08. The standard InChI is InChI=1S/C15H15F3N4O/c16-15(17,18)13-7-9-20-22(13)11-5-3-10(4-6-11)21-14(23)12-2-1-8-19-12/h3-7,9,12,19H,1-2,8H2,(H,21,23). The molecule has 1 saturated heterocycles. The van der Waals surface area contributed by atoms with E-state index in [4.69, 9.17) is 0 Å². The number of aromatic nitrogens is 2. The van der Waals surface area contributed by atoms with Gasteiger partial charge in [0.2, 0.25) is 5.91 Å². The van der Waals surface area contributed by atoms with Crippen LogP contribution in [-0.2, 0) is 11.0 Å². The van der Waals surface area contributed by atoms with E-state index in [1.807, 2.05) is 0 Å². The van der Waals surface area contributed by atoms with Gasteiger partial charge in [0.05, 0.1) is 17.9 Å². The molecule has 1 atom stereocenters. The van der Waals surface area contributed by atoms with Crippen molar-refractivity contribution in [2.75, 3.05) is 11.9 Å². The minimum atomic E-state index is -4.47. The summed E-state index contributed by atoms with van der Waals surface area (Å²) in [6.45, 7) is 0.816. The third-order valence-corrected chi connectivity index (χ3v) is 3.69. The summed E-state index contributed by atoms with van der Waals surface area (Å²) in [5, 5.41) is 9.54. The van der Waals surface area contributed by atoms with E-state index in [2.05, 4.69) is 15.7 Å². The fraction of sp³-hybridized carbons (Fsp3) is 0.333. The molecule has 1 unspecified atom stereocenters. The smallest absolute Gasteiger partial charge is 0.325 e. The average molecular weight is 324 g/mol. The second-order valence-electron chi connectivity index (χ2n) is 5.31. The van der Waals surface area contributed by atoms with Crippen LogP contribution in [-0.4, -0.2) is 28.3 Å². The molecule has 23 heavy (non-hydrogen) atoms. The van der Waals surface area contributed by atoms with E-state index < -0.39 is 11.9 Å². The molecule has 2 N–H and O–H groups in total. The molecule has 1 amide bonds. The second kappa shape index (κ2) is 6.04. The minimum Gasteiger partial charge on any atom is -0.325 e. The summed E-state index contributed by atoms with van der Waals surface area (Å²) in [5.74, 6) is -0.134. The lowest BCUT2D eigenvalue weighted by Crippen LogP contribution is -2.35. The molecular formula is C15H15F3N4O. The second-order valence-corrected chi connectivity index (χ2v) is 5.31. The summed E-state index contributed by atoms with van der Waals surface area (Å²) in [7, 11) is 0. The number of anilines is 1. The Balaban J connectivity index is 1.75. The van der Waals surface area contributed by atoms with Crippen LogP contribution < -0.4 is 10.6 Å². The Bertz CT molecular complexity index is 687. The van der Waals surface area contributed by atoms with E-state index in [-0.39, 0.29) is 17.6 Å². The first-order valence-electron chi connectivity index (χ1n) is 7.21. The third kappa shape index (κ3) is 3.37. The first-order chi connectivity index (χ1) is 10.9. The number of carbonyl (C=O) groups excluding carboxylic acids is 1. The lowest BCUT2D eigenvalue weighted by atomic mass is 10.2. The molecule has 0 spiro atoms. The summed E-state index contributed by atoms with van der Waals surface area (Å²) in [4.78, 5) is 12.0. The van der Waals surface area contributed by atoms with Gasteiger partial charge in [0.1, 0.15) is 5.69 Å². The molecule has 1 aromatic carbocycles. The minimum absolute atomic E-state index is 0.134. The van der Waals surface area contributed by atoms with Gasteiger partial charge in [-0.3, -0.25) is 4.79 Å². The van der Waals surface area contributed by atoms with Gasteiger partial charge < -0.3 is 10.6 Å². The van der Waals surface area contributed by atoms with Crippen molar-refractivity contribution in [3.05, 3.63) is 42.2 Å². The number of carbonyl (C=O) groups is 1. The van der Waals surface area contributed by atoms with Crippen molar-refractivity contribution in [2.24, 2.45) is 0 Å². The highest BCUT2D eigenvalue weighted by molar-refractivity contribution is 5.95. The Morgan fingerprint density at radius 3 is 2.61 bits per heavy atom. The normalized spacial score (nSPS) is 18.1. The molecule has 3 rings (SSSR count). The zero-order chi connectivity index (χ0) is 16.4. The molecule has 1 aliphatic heterocycles. The van der Waals surface area contributed by atoms with Crippen LogP contribution in [0.3, 0.4) is 0 Å². The average Bonchev–Trinajstić information content (AvgIpc) is 3.19. The van der Waals surface area contributed by atoms with Crippen LogP contribution in [0.15, 0.2) is 36.5 Å². The molecule has 122 valence electrons. The number of alkyl halides is 3. The van der Waals surface area contributed by atoms with Gasteiger partial charge in [0.25, 0.3) is 0 Å². The summed E-state index contributed by atoms with van der Waals surface area (Å²) in [5.41, 5.74) is -0.0306. The Morgan fingerprint density at radius 1 is 1.26 bits per heavy atom. The van der Waals surface area contributed by atoms with Crippen molar-refractivity contribution in [1.82, 2.24) is 15.1 Å². The van der Waals surface area contributed by atoms with Crippen LogP contribution in [0.1, 0.15) is 18.5 Å². The Labute approximate surface area is 130 Å². The number of hydrogen-bond acceptors (Lipinski definition) is 3. The summed E-state index contributed by atoms with van der Waals surface area (Å²) in [6, 6.07) is 6.80. The van der Waals surface area contributed by atoms with Gasteiger partial charge >= 0.3 is 6.18 Å². The fourth-order valence-corrected chi connectivity index (χ4v) is 2.55. The fourth-order valence-electron chi connectivity index (χ4n) is 2.55. The zero-order valence-corrected chi connectivity index (χ0v) is 12.1. The molecule has 8 heteroatoms. The Morgan fingerprint density at radius 2 is 2.00 bits per heavy atom. The maximum absolute atomic E-state index is 12.9. The highest BCUT2D eigenvalue weighted by atomic mass is 19.4. The van der Waals surface area contributed by atoms with Gasteiger partial charge in [-0.2, -0.15) is 18.3 Å². The van der Waals surface area contributed by atoms with E-state index in [9.17, 15) is 18.0 Å². The lowest BCUT2D eigenvalue weighted by Gasteiger charge is -2.13. The predicted molar refractivity (Wildman–Crippen MR) is 78.2 cm³/mol. The molecule has 1 aliphatic rings. The summed E-state index contributed by atoms with van der Waals surface area (Å²) >= 11 is 0. The molecule has 5 nitrogen and oxygen atoms in total. The number of amides is 1. The van der Waals surface area contributed by atoms with Gasteiger partial charge in [0, 0.05) is 5.69 Å². The van der Waals surface area contributed by atoms with Crippen LogP contribution in [0, 0.1) is 0 Å². The van der Waals surface area contributed by atoms with Gasteiger partial charge in [0.15, 0.2) is 0 Å². The van der Waals surface area contributed by atoms with Crippen molar-refractivity contribution in [1.29, 1.82) is 0 Å². The Hall–Kier alpha value is -2.35. The van der Waals surface area contributed by atoms with Crippen molar-refractivity contribution in [3.8, 4) is 5.69 Å². The number of benzene rings is 1. The number of rotatable bonds is 3. The first kappa shape index (κ1) is 15.5. The number of nitrogens with one attached hydrogen (secondary N) is 2. The molecule has 2 aromatic rings. The van der Waals surface area contributed by atoms with Crippen LogP contribution in [0.5, 0.6) is 0 Å². The molecule has 0 aliphatic carbocycles. The highest BCUT2D eigenvalue weighted by Gasteiger charge is 2.35. The first-order valence-corrected chi connectivity index (χ1v) is 7.21. The van der Waals surface area contributed by atoms with Crippen molar-refractivity contribution >= 4 is 11.6 Å². The number of nitrogens with zero attached hydrogens (tertiary/aromatic N) is 2. The molecule has 1 aromatic heterocycles. The van der Waals surface area contributed by atoms with Gasteiger partial charge in [-0.05, 0) is 49.7 Å². The highest BCUT2D eigenvalue weighted by Crippen LogP contribution is 2.30. The molecule has 1 fully saturated rings. The van der Waals surface area contributed by atoms with Crippen molar-refractivity contribution in [2.45, 2.75) is 25.1 Å².